The molecule has 60 valence electrons. The highest BCUT2D eigenvalue weighted by Crippen LogP contribution is 2.26. The summed E-state index contributed by atoms with van der Waals surface area (Å²) in [6.45, 7) is 0.109. The summed E-state index contributed by atoms with van der Waals surface area (Å²) >= 11 is 1.67. The van der Waals surface area contributed by atoms with Gasteiger partial charge in [-0.3, -0.25) is 0 Å². The van der Waals surface area contributed by atoms with E-state index in [4.69, 9.17) is 5.11 Å². The molecule has 11 heavy (non-hydrogen) atoms. The van der Waals surface area contributed by atoms with Crippen molar-refractivity contribution in [1.82, 2.24) is 4.98 Å². The highest BCUT2D eigenvalue weighted by atomic mass is 32.1. The van der Waals surface area contributed by atoms with Gasteiger partial charge in [-0.25, -0.2) is 4.98 Å². The summed E-state index contributed by atoms with van der Waals surface area (Å²) in [5, 5.41) is 9.72. The number of aliphatic hydroxyl groups is 1. The number of aliphatic hydroxyl groups excluding tert-OH is 1. The summed E-state index contributed by atoms with van der Waals surface area (Å²) in [7, 11) is 0. The molecule has 2 rings (SSSR count). The van der Waals surface area contributed by atoms with E-state index in [1.54, 1.807) is 11.3 Å². The van der Waals surface area contributed by atoms with E-state index in [2.05, 4.69) is 4.98 Å². The van der Waals surface area contributed by atoms with Gasteiger partial charge in [0, 0.05) is 4.88 Å². The second-order valence-corrected chi connectivity index (χ2v) is 4.01. The Morgan fingerprint density at radius 2 is 2.18 bits per heavy atom. The summed E-state index contributed by atoms with van der Waals surface area (Å²) in [4.78, 5) is 5.74. The van der Waals surface area contributed by atoms with Gasteiger partial charge in [0.2, 0.25) is 0 Å². The predicted molar refractivity (Wildman–Crippen MR) is 44.7 cm³/mol. The molecule has 0 aliphatic heterocycles. The van der Waals surface area contributed by atoms with E-state index in [-0.39, 0.29) is 6.61 Å². The molecule has 0 spiro atoms. The van der Waals surface area contributed by atoms with Crippen molar-refractivity contribution in [2.75, 3.05) is 0 Å². The Hall–Kier alpha value is -0.410. The molecule has 0 amide bonds. The molecule has 3 heteroatoms. The smallest absolute Gasteiger partial charge is 0.119 e. The monoisotopic (exact) mass is 169 g/mol. The summed E-state index contributed by atoms with van der Waals surface area (Å²) in [6.07, 6.45) is 4.85. The molecule has 1 aromatic heterocycles. The molecule has 1 aliphatic carbocycles. The lowest BCUT2D eigenvalue weighted by atomic mass is 10.0. The van der Waals surface area contributed by atoms with E-state index in [1.807, 2.05) is 0 Å². The van der Waals surface area contributed by atoms with Crippen molar-refractivity contribution < 1.29 is 5.11 Å². The maximum Gasteiger partial charge on any atom is 0.119 e. The van der Waals surface area contributed by atoms with Gasteiger partial charge in [0.05, 0.1) is 12.3 Å². The molecule has 0 fully saturated rings. The molecule has 1 heterocycles. The standard InChI is InChI=1S/C8H11NOS/c10-5-8-9-6-3-1-2-4-7(6)11-8/h10H,1-5H2. The van der Waals surface area contributed by atoms with Crippen LogP contribution < -0.4 is 0 Å². The van der Waals surface area contributed by atoms with Crippen LogP contribution in [0.2, 0.25) is 0 Å². The number of hydrogen-bond donors (Lipinski definition) is 1. The largest absolute Gasteiger partial charge is 0.389 e. The molecule has 0 radical (unpaired) electrons. The Kier molecular flexibility index (Phi) is 1.92. The predicted octanol–water partition coefficient (Wildman–Crippen LogP) is 1.51. The molecule has 0 bridgehead atoms. The fourth-order valence-electron chi connectivity index (χ4n) is 1.47. The molecule has 0 atom stereocenters. The van der Waals surface area contributed by atoms with Gasteiger partial charge >= 0.3 is 0 Å². The quantitative estimate of drug-likeness (QED) is 0.691. The average molecular weight is 169 g/mol. The van der Waals surface area contributed by atoms with Gasteiger partial charge in [-0.1, -0.05) is 0 Å². The molecule has 1 aliphatic rings. The van der Waals surface area contributed by atoms with Crippen LogP contribution in [-0.4, -0.2) is 10.1 Å². The minimum Gasteiger partial charge on any atom is -0.389 e. The van der Waals surface area contributed by atoms with Crippen molar-refractivity contribution in [3.8, 4) is 0 Å². The Morgan fingerprint density at radius 3 is 2.91 bits per heavy atom. The second-order valence-electron chi connectivity index (χ2n) is 2.84. The lowest BCUT2D eigenvalue weighted by Crippen LogP contribution is -1.99. The zero-order valence-electron chi connectivity index (χ0n) is 6.34. The van der Waals surface area contributed by atoms with Gasteiger partial charge in [-0.2, -0.15) is 0 Å². The first-order chi connectivity index (χ1) is 5.40. The van der Waals surface area contributed by atoms with Crippen LogP contribution in [0.4, 0.5) is 0 Å². The van der Waals surface area contributed by atoms with Crippen molar-refractivity contribution in [3.63, 3.8) is 0 Å². The van der Waals surface area contributed by atoms with Crippen molar-refractivity contribution in [3.05, 3.63) is 15.6 Å². The Balaban J connectivity index is 2.32. The van der Waals surface area contributed by atoms with Crippen LogP contribution in [0.5, 0.6) is 0 Å². The minimum absolute atomic E-state index is 0.109. The average Bonchev–Trinajstić information content (AvgIpc) is 2.46. The lowest BCUT2D eigenvalue weighted by Gasteiger charge is -2.06. The number of rotatable bonds is 1. The first kappa shape index (κ1) is 7.25. The number of hydrogen-bond acceptors (Lipinski definition) is 3. The van der Waals surface area contributed by atoms with Crippen molar-refractivity contribution >= 4 is 11.3 Å². The number of aryl methyl sites for hydroxylation is 2. The molecule has 0 aromatic carbocycles. The number of nitrogens with zero attached hydrogens (tertiary/aromatic N) is 1. The summed E-state index contributed by atoms with van der Waals surface area (Å²) in [5.41, 5.74) is 1.24. The summed E-state index contributed by atoms with van der Waals surface area (Å²) in [5.74, 6) is 0. The first-order valence-corrected chi connectivity index (χ1v) is 4.80. The highest BCUT2D eigenvalue weighted by molar-refractivity contribution is 7.11. The van der Waals surface area contributed by atoms with E-state index in [1.165, 1.54) is 29.8 Å². The van der Waals surface area contributed by atoms with Gasteiger partial charge in [0.1, 0.15) is 5.01 Å². The number of fused-ring (bicyclic) bond motifs is 1. The Labute approximate surface area is 69.9 Å². The third-order valence-corrected chi connectivity index (χ3v) is 3.17. The molecule has 0 saturated carbocycles. The van der Waals surface area contributed by atoms with E-state index in [0.717, 1.165) is 11.4 Å². The SMILES string of the molecule is OCc1nc2c(s1)CCCC2. The van der Waals surface area contributed by atoms with Crippen molar-refractivity contribution in [2.24, 2.45) is 0 Å². The third kappa shape index (κ3) is 1.30. The van der Waals surface area contributed by atoms with Gasteiger partial charge in [0.15, 0.2) is 0 Å². The van der Waals surface area contributed by atoms with Crippen LogP contribution in [0, 0.1) is 0 Å². The van der Waals surface area contributed by atoms with Gasteiger partial charge in [0.25, 0.3) is 0 Å². The lowest BCUT2D eigenvalue weighted by molar-refractivity contribution is 0.281. The fraction of sp³-hybridized carbons (Fsp3) is 0.625. The highest BCUT2D eigenvalue weighted by Gasteiger charge is 2.13. The van der Waals surface area contributed by atoms with Gasteiger partial charge < -0.3 is 5.11 Å². The molecule has 2 nitrogen and oxygen atoms in total. The van der Waals surface area contributed by atoms with Crippen molar-refractivity contribution in [2.45, 2.75) is 32.3 Å². The van der Waals surface area contributed by atoms with E-state index in [9.17, 15) is 0 Å². The van der Waals surface area contributed by atoms with Crippen LogP contribution in [0.15, 0.2) is 0 Å². The normalized spacial score (nSPS) is 16.5. The van der Waals surface area contributed by atoms with Crippen LogP contribution >= 0.6 is 11.3 Å². The molecular formula is C8H11NOS. The molecule has 1 aromatic rings. The van der Waals surface area contributed by atoms with Crippen LogP contribution in [0.3, 0.4) is 0 Å². The minimum atomic E-state index is 0.109. The molecule has 0 saturated heterocycles. The third-order valence-electron chi connectivity index (χ3n) is 2.03. The van der Waals surface area contributed by atoms with E-state index >= 15 is 0 Å². The maximum atomic E-state index is 8.83. The zero-order chi connectivity index (χ0) is 7.68. The summed E-state index contributed by atoms with van der Waals surface area (Å²) < 4.78 is 0. The topological polar surface area (TPSA) is 33.1 Å². The maximum absolute atomic E-state index is 8.83. The Bertz CT molecular complexity index is 233. The van der Waals surface area contributed by atoms with Crippen LogP contribution in [0.1, 0.15) is 28.4 Å². The van der Waals surface area contributed by atoms with E-state index < -0.39 is 0 Å². The fourth-order valence-corrected chi connectivity index (χ4v) is 2.49. The van der Waals surface area contributed by atoms with Gasteiger partial charge in [-0.05, 0) is 25.7 Å². The van der Waals surface area contributed by atoms with E-state index in [0.29, 0.717) is 0 Å². The van der Waals surface area contributed by atoms with Gasteiger partial charge in [-0.15, -0.1) is 11.3 Å². The number of thiazole rings is 1. The molecule has 1 N–H and O–H groups in total. The second kappa shape index (κ2) is 2.91. The van der Waals surface area contributed by atoms with Crippen LogP contribution in [-0.2, 0) is 19.4 Å². The Morgan fingerprint density at radius 1 is 1.36 bits per heavy atom. The zero-order valence-corrected chi connectivity index (χ0v) is 7.15. The molecule has 0 unspecified atom stereocenters. The number of aromatic nitrogens is 1. The molecular weight excluding hydrogens is 158 g/mol. The first-order valence-electron chi connectivity index (χ1n) is 3.98. The van der Waals surface area contributed by atoms with Crippen LogP contribution in [0.25, 0.3) is 0 Å². The van der Waals surface area contributed by atoms with Crippen molar-refractivity contribution in [1.29, 1.82) is 0 Å². The summed E-state index contributed by atoms with van der Waals surface area (Å²) in [6, 6.07) is 0.